The summed E-state index contributed by atoms with van der Waals surface area (Å²) in [5.74, 6) is 0.809. The second-order valence-corrected chi connectivity index (χ2v) is 11.8. The quantitative estimate of drug-likeness (QED) is 0.193. The lowest BCUT2D eigenvalue weighted by atomic mass is 10.0. The van der Waals surface area contributed by atoms with Gasteiger partial charge in [-0.25, -0.2) is 4.98 Å². The number of hydrogen-bond acceptors (Lipinski definition) is 6. The van der Waals surface area contributed by atoms with Gasteiger partial charge < -0.3 is 15.5 Å². The van der Waals surface area contributed by atoms with Crippen molar-refractivity contribution in [2.75, 3.05) is 33.2 Å². The van der Waals surface area contributed by atoms with Gasteiger partial charge >= 0.3 is 0 Å². The van der Waals surface area contributed by atoms with Crippen molar-refractivity contribution in [1.82, 2.24) is 14.8 Å². The van der Waals surface area contributed by atoms with Gasteiger partial charge in [0.25, 0.3) is 0 Å². The lowest BCUT2D eigenvalue weighted by Crippen LogP contribution is -2.44. The van der Waals surface area contributed by atoms with Crippen molar-refractivity contribution < 1.29 is 0 Å². The fourth-order valence-corrected chi connectivity index (χ4v) is 5.72. The molecule has 2 saturated carbocycles. The molecule has 2 aromatic carbocycles. The Morgan fingerprint density at radius 3 is 2.20 bits per heavy atom. The summed E-state index contributed by atoms with van der Waals surface area (Å²) in [7, 11) is 1.72. The van der Waals surface area contributed by atoms with E-state index >= 15 is 0 Å². The first-order valence-electron chi connectivity index (χ1n) is 16.2. The lowest BCUT2D eigenvalue weighted by molar-refractivity contribution is 0.217. The minimum Gasteiger partial charge on any atom is -0.368 e. The van der Waals surface area contributed by atoms with Crippen LogP contribution in [-0.4, -0.2) is 48.0 Å². The highest BCUT2D eigenvalue weighted by Gasteiger charge is 2.39. The molecular formula is C37H49ClN6. The smallest absolute Gasteiger partial charge is 0.104 e. The summed E-state index contributed by atoms with van der Waals surface area (Å²) < 4.78 is 0. The van der Waals surface area contributed by atoms with Gasteiger partial charge in [-0.1, -0.05) is 94.9 Å². The van der Waals surface area contributed by atoms with Crippen LogP contribution in [0.15, 0.2) is 89.4 Å². The van der Waals surface area contributed by atoms with Gasteiger partial charge in [0.15, 0.2) is 0 Å². The number of pyridine rings is 1. The van der Waals surface area contributed by atoms with E-state index in [-0.39, 0.29) is 5.54 Å². The predicted molar refractivity (Wildman–Crippen MR) is 188 cm³/mol. The number of rotatable bonds is 9. The van der Waals surface area contributed by atoms with Crippen molar-refractivity contribution in [1.29, 1.82) is 0 Å². The molecule has 2 aliphatic carbocycles. The first-order chi connectivity index (χ1) is 21.3. The number of aromatic nitrogens is 1. The van der Waals surface area contributed by atoms with E-state index in [9.17, 15) is 0 Å². The Bertz CT molecular complexity index is 1510. The topological polar surface area (TPSA) is 70.1 Å². The largest absolute Gasteiger partial charge is 0.368 e. The van der Waals surface area contributed by atoms with E-state index in [1.165, 1.54) is 18.4 Å². The SMILES string of the molecule is C=C(/C(=C/CC1CC1)N=NC)N1CCN(C(=C)c2ccc3c(Cl)cc(-c4ccc(C5(N)CC5)cc4)nc3c2)CC1.CC.CC. The minimum absolute atomic E-state index is 0.142. The van der Waals surface area contributed by atoms with Crippen LogP contribution in [-0.2, 0) is 5.54 Å². The summed E-state index contributed by atoms with van der Waals surface area (Å²) in [6.45, 7) is 20.3. The lowest BCUT2D eigenvalue weighted by Gasteiger charge is -2.39. The van der Waals surface area contributed by atoms with Crippen molar-refractivity contribution >= 4 is 28.2 Å². The molecule has 234 valence electrons. The highest BCUT2D eigenvalue weighted by Crippen LogP contribution is 2.43. The number of halogens is 1. The molecule has 3 fully saturated rings. The Kier molecular flexibility index (Phi) is 11.4. The zero-order valence-electron chi connectivity index (χ0n) is 27.2. The van der Waals surface area contributed by atoms with E-state index in [1.54, 1.807) is 7.05 Å². The average molecular weight is 613 g/mol. The molecule has 6 rings (SSSR count). The molecule has 7 heteroatoms. The van der Waals surface area contributed by atoms with Crippen LogP contribution in [0.1, 0.15) is 70.9 Å². The number of azo groups is 1. The molecule has 3 aromatic rings. The molecule has 44 heavy (non-hydrogen) atoms. The second kappa shape index (κ2) is 15.0. The van der Waals surface area contributed by atoms with E-state index in [1.807, 2.05) is 39.8 Å². The van der Waals surface area contributed by atoms with Crippen molar-refractivity contribution in [3.63, 3.8) is 0 Å². The van der Waals surface area contributed by atoms with Crippen molar-refractivity contribution in [2.24, 2.45) is 21.9 Å². The summed E-state index contributed by atoms with van der Waals surface area (Å²) in [6.07, 6.45) is 8.00. The number of hydrogen-bond donors (Lipinski definition) is 1. The molecule has 2 N–H and O–H groups in total. The molecule has 0 spiro atoms. The predicted octanol–water partition coefficient (Wildman–Crippen LogP) is 9.42. The minimum atomic E-state index is -0.142. The molecule has 0 bridgehead atoms. The zero-order chi connectivity index (χ0) is 31.9. The van der Waals surface area contributed by atoms with Gasteiger partial charge in [0.05, 0.1) is 21.9 Å². The molecule has 0 amide bonds. The molecule has 1 aromatic heterocycles. The third-order valence-electron chi connectivity index (χ3n) is 8.52. The van der Waals surface area contributed by atoms with Gasteiger partial charge in [-0.3, -0.25) is 0 Å². The fourth-order valence-electron chi connectivity index (χ4n) is 5.46. The number of fused-ring (bicyclic) bond motifs is 1. The third-order valence-corrected chi connectivity index (χ3v) is 8.84. The second-order valence-electron chi connectivity index (χ2n) is 11.4. The van der Waals surface area contributed by atoms with Gasteiger partial charge in [-0.2, -0.15) is 10.2 Å². The normalized spacial score (nSPS) is 17.5. The molecule has 0 unspecified atom stereocenters. The monoisotopic (exact) mass is 612 g/mol. The summed E-state index contributed by atoms with van der Waals surface area (Å²) in [5.41, 5.74) is 14.1. The molecule has 3 aliphatic rings. The summed E-state index contributed by atoms with van der Waals surface area (Å²) in [5, 5.41) is 10.0. The van der Waals surface area contributed by atoms with Crippen LogP contribution in [0.5, 0.6) is 0 Å². The Labute approximate surface area is 269 Å². The molecule has 0 radical (unpaired) electrons. The van der Waals surface area contributed by atoms with Crippen molar-refractivity contribution in [3.8, 4) is 11.3 Å². The standard InChI is InChI=1S/C33H37ClN6.2C2H6/c1-22(39-16-18-40(19-17-39)23(2)30(38-36-3)13-6-24-4-5-24)26-9-12-28-29(34)21-31(37-32(28)20-26)25-7-10-27(11-8-25)33(35)14-15-33;2*1-2/h7-13,20-21,24H,1-2,4-6,14-19,35H2,3H3;2*1-2H3/b30-13-,38-36?;;. The number of benzene rings is 2. The molecule has 1 saturated heterocycles. The fraction of sp³-hybridized carbons (Fsp3) is 0.432. The average Bonchev–Trinajstić information content (AvgIpc) is 4.02. The van der Waals surface area contributed by atoms with Crippen LogP contribution in [0.3, 0.4) is 0 Å². The first kappa shape index (κ1) is 33.4. The van der Waals surface area contributed by atoms with Gasteiger partial charge in [0.2, 0.25) is 0 Å². The van der Waals surface area contributed by atoms with E-state index in [0.29, 0.717) is 5.02 Å². The van der Waals surface area contributed by atoms with Gasteiger partial charge in [0.1, 0.15) is 5.70 Å². The van der Waals surface area contributed by atoms with Gasteiger partial charge in [0, 0.05) is 55.4 Å². The van der Waals surface area contributed by atoms with Crippen LogP contribution in [0.2, 0.25) is 5.02 Å². The maximum atomic E-state index is 6.72. The number of allylic oxidation sites excluding steroid dienone is 1. The maximum Gasteiger partial charge on any atom is 0.104 e. The van der Waals surface area contributed by atoms with E-state index in [4.69, 9.17) is 22.3 Å². The van der Waals surface area contributed by atoms with E-state index in [0.717, 1.165) is 96.2 Å². The van der Waals surface area contributed by atoms with Crippen molar-refractivity contribution in [2.45, 2.75) is 65.3 Å². The molecule has 6 nitrogen and oxygen atoms in total. The molecule has 2 heterocycles. The van der Waals surface area contributed by atoms with E-state index in [2.05, 4.69) is 75.7 Å². The van der Waals surface area contributed by atoms with Gasteiger partial charge in [-0.15, -0.1) is 0 Å². The summed E-state index contributed by atoms with van der Waals surface area (Å²) in [4.78, 5) is 9.64. The Morgan fingerprint density at radius 1 is 0.977 bits per heavy atom. The van der Waals surface area contributed by atoms with Crippen LogP contribution in [0, 0.1) is 5.92 Å². The maximum absolute atomic E-state index is 6.72. The van der Waals surface area contributed by atoms with Crippen LogP contribution in [0.4, 0.5) is 0 Å². The van der Waals surface area contributed by atoms with E-state index < -0.39 is 0 Å². The van der Waals surface area contributed by atoms with Crippen LogP contribution < -0.4 is 5.73 Å². The molecular weight excluding hydrogens is 564 g/mol. The highest BCUT2D eigenvalue weighted by molar-refractivity contribution is 6.35. The number of nitrogens with zero attached hydrogens (tertiary/aromatic N) is 5. The van der Waals surface area contributed by atoms with Crippen molar-refractivity contribution in [3.05, 3.63) is 95.3 Å². The summed E-state index contributed by atoms with van der Waals surface area (Å²) in [6, 6.07) is 16.6. The third kappa shape index (κ3) is 7.77. The number of piperazine rings is 1. The summed E-state index contributed by atoms with van der Waals surface area (Å²) >= 11 is 6.72. The van der Waals surface area contributed by atoms with Crippen LogP contribution >= 0.6 is 11.6 Å². The highest BCUT2D eigenvalue weighted by atomic mass is 35.5. The zero-order valence-corrected chi connectivity index (χ0v) is 28.0. The Morgan fingerprint density at radius 2 is 1.61 bits per heavy atom. The molecule has 1 aliphatic heterocycles. The first-order valence-corrected chi connectivity index (χ1v) is 16.6. The molecule has 0 atom stereocenters. The van der Waals surface area contributed by atoms with Crippen LogP contribution in [0.25, 0.3) is 27.9 Å². The Hall–Kier alpha value is -3.48. The van der Waals surface area contributed by atoms with Gasteiger partial charge in [-0.05, 0) is 61.3 Å². The number of nitrogens with two attached hydrogens (primary N) is 1. The Balaban J connectivity index is 0.00000106.